The normalized spacial score (nSPS) is 27.2. The highest BCUT2D eigenvalue weighted by Crippen LogP contribution is 2.50. The number of ether oxygens (including phenoxy) is 1. The number of rotatable bonds is 6. The molecule has 1 saturated heterocycles. The standard InChI is InChI=1S/C8H19NO7P2S/c10-17(11,12)4-8(18(13,14)15)16-7-1-2-9-3-6(7)5-19/h6-9,19H,1-5H2,(H2,10,11,12)(H2,13,14,15). The van der Waals surface area contributed by atoms with E-state index in [4.69, 9.17) is 24.3 Å². The van der Waals surface area contributed by atoms with Crippen molar-refractivity contribution in [2.45, 2.75) is 18.4 Å². The van der Waals surface area contributed by atoms with E-state index in [-0.39, 0.29) is 5.92 Å². The third-order valence-corrected chi connectivity index (χ3v) is 5.49. The first-order valence-corrected chi connectivity index (χ1v) is 9.81. The monoisotopic (exact) mass is 335 g/mol. The van der Waals surface area contributed by atoms with E-state index in [1.54, 1.807) is 0 Å². The van der Waals surface area contributed by atoms with Crippen LogP contribution in [0.5, 0.6) is 0 Å². The van der Waals surface area contributed by atoms with Crippen LogP contribution in [0.15, 0.2) is 0 Å². The molecule has 0 aromatic heterocycles. The SMILES string of the molecule is O=P(O)(O)CC(OC1CCNCC1CS)P(=O)(O)O. The lowest BCUT2D eigenvalue weighted by molar-refractivity contribution is -0.0181. The molecule has 1 aliphatic rings. The van der Waals surface area contributed by atoms with Crippen molar-refractivity contribution >= 4 is 27.8 Å². The molecule has 3 unspecified atom stereocenters. The van der Waals surface area contributed by atoms with Crippen LogP contribution in [0.3, 0.4) is 0 Å². The molecule has 0 aromatic rings. The zero-order chi connectivity index (χ0) is 14.7. The Balaban J connectivity index is 2.76. The second-order valence-corrected chi connectivity index (χ2v) is 8.31. The van der Waals surface area contributed by atoms with Gasteiger partial charge < -0.3 is 29.6 Å². The molecule has 11 heteroatoms. The molecule has 1 rings (SSSR count). The maximum Gasteiger partial charge on any atom is 0.354 e. The van der Waals surface area contributed by atoms with E-state index >= 15 is 0 Å². The molecule has 8 nitrogen and oxygen atoms in total. The molecule has 0 radical (unpaired) electrons. The first-order valence-electron chi connectivity index (χ1n) is 5.70. The van der Waals surface area contributed by atoms with Crippen molar-refractivity contribution in [2.24, 2.45) is 5.92 Å². The van der Waals surface area contributed by atoms with Crippen molar-refractivity contribution in [3.8, 4) is 0 Å². The molecule has 1 heterocycles. The van der Waals surface area contributed by atoms with Gasteiger partial charge in [0, 0.05) is 12.5 Å². The minimum Gasteiger partial charge on any atom is -0.361 e. The van der Waals surface area contributed by atoms with Crippen molar-refractivity contribution in [1.82, 2.24) is 5.32 Å². The Morgan fingerprint density at radius 3 is 2.42 bits per heavy atom. The van der Waals surface area contributed by atoms with E-state index in [0.717, 1.165) is 0 Å². The Bertz CT molecular complexity index is 383. The van der Waals surface area contributed by atoms with Crippen molar-refractivity contribution in [2.75, 3.05) is 25.0 Å². The van der Waals surface area contributed by atoms with Gasteiger partial charge in [0.25, 0.3) is 0 Å². The number of thiol groups is 1. The molecule has 0 aliphatic carbocycles. The van der Waals surface area contributed by atoms with Gasteiger partial charge in [0.05, 0.1) is 12.3 Å². The van der Waals surface area contributed by atoms with Crippen LogP contribution >= 0.6 is 27.8 Å². The Labute approximate surface area is 116 Å². The topological polar surface area (TPSA) is 136 Å². The molecule has 1 aliphatic heterocycles. The molecule has 0 bridgehead atoms. The van der Waals surface area contributed by atoms with Crippen LogP contribution < -0.4 is 5.32 Å². The lowest BCUT2D eigenvalue weighted by Crippen LogP contribution is -2.44. The van der Waals surface area contributed by atoms with Gasteiger partial charge >= 0.3 is 15.2 Å². The average molecular weight is 335 g/mol. The minimum atomic E-state index is -4.74. The molecule has 0 amide bonds. The Morgan fingerprint density at radius 1 is 1.32 bits per heavy atom. The predicted molar refractivity (Wildman–Crippen MR) is 72.4 cm³/mol. The molecule has 5 N–H and O–H groups in total. The third-order valence-electron chi connectivity index (χ3n) is 2.87. The summed E-state index contributed by atoms with van der Waals surface area (Å²) in [5, 5.41) is 3.10. The number of hydrogen-bond acceptors (Lipinski definition) is 5. The maximum absolute atomic E-state index is 11.3. The fourth-order valence-electron chi connectivity index (χ4n) is 1.89. The number of hydrogen-bond donors (Lipinski definition) is 6. The second-order valence-electron chi connectivity index (χ2n) is 4.50. The fourth-order valence-corrected chi connectivity index (χ4v) is 4.56. The van der Waals surface area contributed by atoms with Crippen LogP contribution in [0.4, 0.5) is 0 Å². The van der Waals surface area contributed by atoms with E-state index in [1.807, 2.05) is 0 Å². The third kappa shape index (κ3) is 6.25. The summed E-state index contributed by atoms with van der Waals surface area (Å²) >= 11 is 4.14. The van der Waals surface area contributed by atoms with Gasteiger partial charge in [-0.05, 0) is 18.7 Å². The summed E-state index contributed by atoms with van der Waals surface area (Å²) in [4.78, 5) is 36.0. The van der Waals surface area contributed by atoms with E-state index in [9.17, 15) is 9.13 Å². The summed E-state index contributed by atoms with van der Waals surface area (Å²) in [5.74, 6) is -1.37. The highest BCUT2D eigenvalue weighted by atomic mass is 32.1. The van der Waals surface area contributed by atoms with Crippen LogP contribution in [-0.2, 0) is 13.9 Å². The van der Waals surface area contributed by atoms with Crippen LogP contribution in [0.2, 0.25) is 0 Å². The molecule has 0 saturated carbocycles. The molecular formula is C8H19NO7P2S. The number of nitrogens with one attached hydrogen (secondary N) is 1. The van der Waals surface area contributed by atoms with Gasteiger partial charge in [-0.3, -0.25) is 9.13 Å². The largest absolute Gasteiger partial charge is 0.361 e. The Hall–Kier alpha value is 0.570. The highest BCUT2D eigenvalue weighted by molar-refractivity contribution is 7.80. The highest BCUT2D eigenvalue weighted by Gasteiger charge is 2.39. The van der Waals surface area contributed by atoms with E-state index in [0.29, 0.717) is 25.3 Å². The number of piperidine rings is 1. The van der Waals surface area contributed by atoms with Gasteiger partial charge in [-0.15, -0.1) is 0 Å². The van der Waals surface area contributed by atoms with Crippen LogP contribution in [0.1, 0.15) is 6.42 Å². The van der Waals surface area contributed by atoms with Gasteiger partial charge in [0.2, 0.25) is 0 Å². The van der Waals surface area contributed by atoms with Crippen molar-refractivity contribution in [3.05, 3.63) is 0 Å². The lowest BCUT2D eigenvalue weighted by Gasteiger charge is -2.34. The minimum absolute atomic E-state index is 0.0529. The zero-order valence-corrected chi connectivity index (χ0v) is 12.8. The van der Waals surface area contributed by atoms with Crippen molar-refractivity contribution < 1.29 is 33.4 Å². The first kappa shape index (κ1) is 17.6. The van der Waals surface area contributed by atoms with E-state index < -0.39 is 33.3 Å². The van der Waals surface area contributed by atoms with Crippen molar-refractivity contribution in [3.63, 3.8) is 0 Å². The zero-order valence-electron chi connectivity index (χ0n) is 10.1. The Kier molecular flexibility index (Phi) is 6.51. The molecule has 19 heavy (non-hydrogen) atoms. The van der Waals surface area contributed by atoms with Crippen LogP contribution in [0, 0.1) is 5.92 Å². The van der Waals surface area contributed by atoms with E-state index in [2.05, 4.69) is 17.9 Å². The second kappa shape index (κ2) is 7.02. The summed E-state index contributed by atoms with van der Waals surface area (Å²) < 4.78 is 27.5. The predicted octanol–water partition coefficient (Wildman–Crippen LogP) is -0.408. The first-order chi connectivity index (χ1) is 8.63. The summed E-state index contributed by atoms with van der Waals surface area (Å²) in [5.41, 5.74) is 0. The summed E-state index contributed by atoms with van der Waals surface area (Å²) in [6, 6.07) is 0. The van der Waals surface area contributed by atoms with Gasteiger partial charge in [0.15, 0.2) is 5.85 Å². The average Bonchev–Trinajstić information content (AvgIpc) is 2.26. The quantitative estimate of drug-likeness (QED) is 0.285. The summed E-state index contributed by atoms with van der Waals surface area (Å²) in [6.07, 6.45) is -0.938. The van der Waals surface area contributed by atoms with Gasteiger partial charge in [-0.1, -0.05) is 0 Å². The van der Waals surface area contributed by atoms with Crippen molar-refractivity contribution in [1.29, 1.82) is 0 Å². The lowest BCUT2D eigenvalue weighted by atomic mass is 9.98. The molecule has 3 atom stereocenters. The maximum atomic E-state index is 11.3. The fraction of sp³-hybridized carbons (Fsp3) is 1.00. The molecule has 0 aromatic carbocycles. The Morgan fingerprint density at radius 2 is 1.95 bits per heavy atom. The molecule has 1 fully saturated rings. The molecular weight excluding hydrogens is 316 g/mol. The van der Waals surface area contributed by atoms with Gasteiger partial charge in [-0.25, -0.2) is 0 Å². The van der Waals surface area contributed by atoms with Gasteiger partial charge in [-0.2, -0.15) is 12.6 Å². The summed E-state index contributed by atoms with van der Waals surface area (Å²) in [7, 11) is -9.30. The van der Waals surface area contributed by atoms with Gasteiger partial charge in [0.1, 0.15) is 0 Å². The van der Waals surface area contributed by atoms with E-state index in [1.165, 1.54) is 0 Å². The van der Waals surface area contributed by atoms with Crippen LogP contribution in [0.25, 0.3) is 0 Å². The molecule has 0 spiro atoms. The summed E-state index contributed by atoms with van der Waals surface area (Å²) in [6.45, 7) is 1.22. The molecule has 114 valence electrons. The smallest absolute Gasteiger partial charge is 0.354 e. The van der Waals surface area contributed by atoms with Crippen LogP contribution in [-0.4, -0.2) is 56.5 Å².